The molecule has 0 bridgehead atoms. The first-order valence-electron chi connectivity index (χ1n) is 7.78. The molecular weight excluding hydrogens is 296 g/mol. The minimum atomic E-state index is -4.43. The van der Waals surface area contributed by atoms with Crippen LogP contribution in [0.5, 0.6) is 0 Å². The smallest absolute Gasteiger partial charge is 0.314 e. The lowest BCUT2D eigenvalue weighted by Gasteiger charge is -2.43. The summed E-state index contributed by atoms with van der Waals surface area (Å²) >= 11 is 0. The van der Waals surface area contributed by atoms with Gasteiger partial charge in [0.25, 0.3) is 0 Å². The molecule has 6 heteroatoms. The van der Waals surface area contributed by atoms with E-state index >= 15 is 0 Å². The van der Waals surface area contributed by atoms with Gasteiger partial charge in [-0.15, -0.1) is 0 Å². The highest BCUT2D eigenvalue weighted by Gasteiger charge is 2.37. The van der Waals surface area contributed by atoms with Gasteiger partial charge in [0.05, 0.1) is 5.56 Å². The summed E-state index contributed by atoms with van der Waals surface area (Å²) in [5, 5.41) is 3.23. The molecule has 1 atom stereocenters. The van der Waals surface area contributed by atoms with E-state index in [1.165, 1.54) is 0 Å². The van der Waals surface area contributed by atoms with Gasteiger partial charge in [-0.2, -0.15) is 13.2 Å². The summed E-state index contributed by atoms with van der Waals surface area (Å²) in [6, 6.07) is 2.57. The zero-order chi connectivity index (χ0) is 15.7. The Hall–Kier alpha value is -1.14. The molecule has 2 nitrogen and oxygen atoms in total. The summed E-state index contributed by atoms with van der Waals surface area (Å²) in [4.78, 5) is 2.14. The van der Waals surface area contributed by atoms with Gasteiger partial charge >= 0.3 is 6.18 Å². The highest BCUT2D eigenvalue weighted by molar-refractivity contribution is 5.30. The maximum atomic E-state index is 14.3. The fourth-order valence-corrected chi connectivity index (χ4v) is 3.41. The fourth-order valence-electron chi connectivity index (χ4n) is 3.41. The van der Waals surface area contributed by atoms with Crippen LogP contribution in [0.1, 0.15) is 36.4 Å². The topological polar surface area (TPSA) is 15.3 Å². The van der Waals surface area contributed by atoms with Crippen molar-refractivity contribution in [2.24, 2.45) is 5.92 Å². The summed E-state index contributed by atoms with van der Waals surface area (Å²) in [5.74, 6) is -0.264. The van der Waals surface area contributed by atoms with E-state index in [2.05, 4.69) is 10.2 Å². The van der Waals surface area contributed by atoms with Crippen LogP contribution < -0.4 is 5.32 Å². The van der Waals surface area contributed by atoms with Gasteiger partial charge in [0.2, 0.25) is 0 Å². The van der Waals surface area contributed by atoms with Crippen molar-refractivity contribution < 1.29 is 17.6 Å². The van der Waals surface area contributed by atoms with Crippen molar-refractivity contribution in [3.05, 3.63) is 35.1 Å². The van der Waals surface area contributed by atoms with E-state index in [-0.39, 0.29) is 17.5 Å². The Morgan fingerprint density at radius 2 is 1.82 bits per heavy atom. The zero-order valence-electron chi connectivity index (χ0n) is 12.3. The van der Waals surface area contributed by atoms with Crippen LogP contribution in [0.15, 0.2) is 18.2 Å². The number of alkyl halides is 3. The predicted octanol–water partition coefficient (Wildman–Crippen LogP) is 3.59. The molecule has 2 fully saturated rings. The Kier molecular flexibility index (Phi) is 4.41. The van der Waals surface area contributed by atoms with Crippen LogP contribution >= 0.6 is 0 Å². The van der Waals surface area contributed by atoms with Crippen LogP contribution in [0.25, 0.3) is 0 Å². The second-order valence-corrected chi connectivity index (χ2v) is 6.16. The highest BCUT2D eigenvalue weighted by Crippen LogP contribution is 2.43. The van der Waals surface area contributed by atoms with E-state index in [0.29, 0.717) is 0 Å². The van der Waals surface area contributed by atoms with Gasteiger partial charge in [0.15, 0.2) is 0 Å². The van der Waals surface area contributed by atoms with Crippen LogP contribution in [0.4, 0.5) is 17.6 Å². The predicted molar refractivity (Wildman–Crippen MR) is 75.9 cm³/mol. The third kappa shape index (κ3) is 3.13. The molecule has 1 heterocycles. The van der Waals surface area contributed by atoms with Crippen LogP contribution in [-0.4, -0.2) is 31.1 Å². The van der Waals surface area contributed by atoms with E-state index < -0.39 is 17.6 Å². The fraction of sp³-hybridized carbons (Fsp3) is 0.625. The minimum Gasteiger partial charge on any atom is -0.314 e. The van der Waals surface area contributed by atoms with Gasteiger partial charge in [-0.3, -0.25) is 4.90 Å². The minimum absolute atomic E-state index is 0.210. The van der Waals surface area contributed by atoms with Gasteiger partial charge in [0.1, 0.15) is 5.82 Å². The van der Waals surface area contributed by atoms with Crippen molar-refractivity contribution in [2.45, 2.75) is 31.5 Å². The summed E-state index contributed by atoms with van der Waals surface area (Å²) in [5.41, 5.74) is -0.551. The number of hydrogen-bond acceptors (Lipinski definition) is 2. The molecule has 0 aromatic heterocycles. The van der Waals surface area contributed by atoms with Gasteiger partial charge in [-0.25, -0.2) is 4.39 Å². The normalized spacial score (nSPS) is 22.4. The number of benzene rings is 1. The standard InChI is InChI=1S/C16H20F4N2/c17-14-5-4-12(16(18,19)20)10-13(14)15(11-2-1-3-11)22-8-6-21-7-9-22/h4-5,10-11,15,21H,1-3,6-9H2/t15-/m0/s1. The number of halogens is 4. The third-order valence-electron chi connectivity index (χ3n) is 4.78. The molecule has 0 spiro atoms. The second kappa shape index (κ2) is 6.16. The molecule has 1 aromatic rings. The summed E-state index contributed by atoms with van der Waals surface area (Å²) in [6.07, 6.45) is -1.43. The maximum Gasteiger partial charge on any atom is 0.416 e. The van der Waals surface area contributed by atoms with E-state index in [9.17, 15) is 17.6 Å². The molecule has 122 valence electrons. The molecule has 0 radical (unpaired) electrons. The van der Waals surface area contributed by atoms with E-state index in [4.69, 9.17) is 0 Å². The number of nitrogens with one attached hydrogen (secondary N) is 1. The van der Waals surface area contributed by atoms with Crippen molar-refractivity contribution >= 4 is 0 Å². The van der Waals surface area contributed by atoms with Crippen LogP contribution in [0, 0.1) is 11.7 Å². The van der Waals surface area contributed by atoms with Crippen molar-refractivity contribution in [1.29, 1.82) is 0 Å². The van der Waals surface area contributed by atoms with Gasteiger partial charge in [-0.05, 0) is 37.0 Å². The van der Waals surface area contributed by atoms with Gasteiger partial charge < -0.3 is 5.32 Å². The number of nitrogens with zero attached hydrogens (tertiary/aromatic N) is 1. The molecule has 22 heavy (non-hydrogen) atoms. The Balaban J connectivity index is 1.95. The summed E-state index contributed by atoms with van der Waals surface area (Å²) in [7, 11) is 0. The van der Waals surface area contributed by atoms with Crippen molar-refractivity contribution in [3.63, 3.8) is 0 Å². The number of rotatable bonds is 3. The first kappa shape index (κ1) is 15.7. The maximum absolute atomic E-state index is 14.3. The molecule has 1 N–H and O–H groups in total. The van der Waals surface area contributed by atoms with Gasteiger partial charge in [-0.1, -0.05) is 6.42 Å². The first-order valence-corrected chi connectivity index (χ1v) is 7.78. The molecule has 1 aliphatic heterocycles. The largest absolute Gasteiger partial charge is 0.416 e. The van der Waals surface area contributed by atoms with E-state index in [0.717, 1.165) is 63.6 Å². The van der Waals surface area contributed by atoms with Crippen molar-refractivity contribution in [2.75, 3.05) is 26.2 Å². The lowest BCUT2D eigenvalue weighted by atomic mass is 9.76. The zero-order valence-corrected chi connectivity index (χ0v) is 12.3. The first-order chi connectivity index (χ1) is 10.5. The molecular formula is C16H20F4N2. The lowest BCUT2D eigenvalue weighted by Crippen LogP contribution is -2.48. The number of hydrogen-bond donors (Lipinski definition) is 1. The average Bonchev–Trinajstić information content (AvgIpc) is 2.43. The monoisotopic (exact) mass is 316 g/mol. The molecule has 1 saturated heterocycles. The van der Waals surface area contributed by atoms with Crippen LogP contribution in [0.3, 0.4) is 0 Å². The Morgan fingerprint density at radius 3 is 2.36 bits per heavy atom. The lowest BCUT2D eigenvalue weighted by molar-refractivity contribution is -0.137. The molecule has 1 aromatic carbocycles. The molecule has 3 rings (SSSR count). The highest BCUT2D eigenvalue weighted by atomic mass is 19.4. The summed E-state index contributed by atoms with van der Waals surface area (Å²) in [6.45, 7) is 3.08. The Morgan fingerprint density at radius 1 is 1.14 bits per heavy atom. The van der Waals surface area contributed by atoms with E-state index in [1.54, 1.807) is 0 Å². The SMILES string of the molecule is Fc1ccc(C(F)(F)F)cc1[C@H](C1CCC1)N1CCNCC1. The van der Waals surface area contributed by atoms with Crippen LogP contribution in [-0.2, 0) is 6.18 Å². The Labute approximate surface area is 127 Å². The molecule has 0 amide bonds. The third-order valence-corrected chi connectivity index (χ3v) is 4.78. The molecule has 2 aliphatic rings. The molecule has 1 aliphatic carbocycles. The molecule has 0 unspecified atom stereocenters. The van der Waals surface area contributed by atoms with Crippen molar-refractivity contribution in [3.8, 4) is 0 Å². The summed E-state index contributed by atoms with van der Waals surface area (Å²) < 4.78 is 53.1. The van der Waals surface area contributed by atoms with Crippen LogP contribution in [0.2, 0.25) is 0 Å². The van der Waals surface area contributed by atoms with E-state index in [1.807, 2.05) is 0 Å². The van der Waals surface area contributed by atoms with Crippen molar-refractivity contribution in [1.82, 2.24) is 10.2 Å². The quantitative estimate of drug-likeness (QED) is 0.857. The molecule has 1 saturated carbocycles. The van der Waals surface area contributed by atoms with Gasteiger partial charge in [0, 0.05) is 37.8 Å². The number of piperazine rings is 1. The second-order valence-electron chi connectivity index (χ2n) is 6.16. The Bertz CT molecular complexity index is 519. The average molecular weight is 316 g/mol.